The molecule has 0 radical (unpaired) electrons. The fourth-order valence-electron chi connectivity index (χ4n) is 2.26. The lowest BCUT2D eigenvalue weighted by molar-refractivity contribution is 0.180. The Hall–Kier alpha value is -0.643. The Morgan fingerprint density at radius 1 is 0.944 bits per heavy atom. The van der Waals surface area contributed by atoms with Crippen LogP contribution in [0.2, 0.25) is 6.04 Å². The molecule has 102 valence electrons. The monoisotopic (exact) mass is 266 g/mol. The van der Waals surface area contributed by atoms with Gasteiger partial charge >= 0.3 is 8.56 Å². The maximum atomic E-state index is 6.09. The van der Waals surface area contributed by atoms with Crippen LogP contribution in [-0.2, 0) is 14.9 Å². The Bertz CT molecular complexity index is 308. The molecule has 0 heterocycles. The lowest BCUT2D eigenvalue weighted by Gasteiger charge is -2.30. The number of benzene rings is 1. The maximum Gasteiger partial charge on any atom is 0.342 e. The molecular weight excluding hydrogens is 240 g/mol. The lowest BCUT2D eigenvalue weighted by Crippen LogP contribution is -2.45. The number of rotatable bonds is 9. The predicted molar refractivity (Wildman–Crippen MR) is 78.9 cm³/mol. The van der Waals surface area contributed by atoms with Crippen LogP contribution >= 0.6 is 0 Å². The summed E-state index contributed by atoms with van der Waals surface area (Å²) in [5.74, 6) is 0. The van der Waals surface area contributed by atoms with Crippen LogP contribution in [0.15, 0.2) is 30.3 Å². The number of hydrogen-bond donors (Lipinski definition) is 0. The van der Waals surface area contributed by atoms with Gasteiger partial charge in [0, 0.05) is 19.3 Å². The maximum absolute atomic E-state index is 6.09. The van der Waals surface area contributed by atoms with Crippen molar-refractivity contribution in [2.45, 2.75) is 45.7 Å². The van der Waals surface area contributed by atoms with Crippen molar-refractivity contribution < 1.29 is 8.85 Å². The third kappa shape index (κ3) is 4.92. The molecule has 0 spiro atoms. The van der Waals surface area contributed by atoms with E-state index in [9.17, 15) is 0 Å². The van der Waals surface area contributed by atoms with Crippen molar-refractivity contribution in [2.24, 2.45) is 0 Å². The van der Waals surface area contributed by atoms with Gasteiger partial charge in [-0.2, -0.15) is 0 Å². The van der Waals surface area contributed by atoms with Crippen LogP contribution in [0.3, 0.4) is 0 Å². The summed E-state index contributed by atoms with van der Waals surface area (Å²) in [5.41, 5.74) is 1.34. The minimum Gasteiger partial charge on any atom is -0.394 e. The Morgan fingerprint density at radius 2 is 1.56 bits per heavy atom. The molecule has 0 unspecified atom stereocenters. The van der Waals surface area contributed by atoms with Crippen molar-refractivity contribution in [3.8, 4) is 0 Å². The Labute approximate surface area is 113 Å². The molecule has 0 aliphatic rings. The summed E-state index contributed by atoms with van der Waals surface area (Å²) in [5, 5.41) is 0. The summed E-state index contributed by atoms with van der Waals surface area (Å²) >= 11 is 0. The van der Waals surface area contributed by atoms with Crippen molar-refractivity contribution in [1.82, 2.24) is 0 Å². The summed E-state index contributed by atoms with van der Waals surface area (Å²) < 4.78 is 12.2. The highest BCUT2D eigenvalue weighted by atomic mass is 28.4. The second-order valence-corrected chi connectivity index (χ2v) is 7.79. The smallest absolute Gasteiger partial charge is 0.342 e. The van der Waals surface area contributed by atoms with Gasteiger partial charge in [-0.25, -0.2) is 0 Å². The minimum absolute atomic E-state index is 0.753. The molecule has 0 saturated carbocycles. The van der Waals surface area contributed by atoms with E-state index in [4.69, 9.17) is 8.85 Å². The van der Waals surface area contributed by atoms with Gasteiger partial charge in [0.1, 0.15) is 0 Å². The second-order valence-electron chi connectivity index (χ2n) is 4.54. The van der Waals surface area contributed by atoms with Gasteiger partial charge in [-0.15, -0.1) is 0 Å². The molecule has 0 saturated heterocycles. The highest BCUT2D eigenvalue weighted by molar-refractivity contribution is 6.66. The summed E-state index contributed by atoms with van der Waals surface area (Å²) in [6, 6.07) is 12.6. The van der Waals surface area contributed by atoms with Crippen LogP contribution < -0.4 is 0 Å². The van der Waals surface area contributed by atoms with Crippen molar-refractivity contribution in [3.05, 3.63) is 35.9 Å². The van der Waals surface area contributed by atoms with E-state index >= 15 is 0 Å². The first-order valence-corrected chi connectivity index (χ1v) is 9.31. The molecule has 0 N–H and O–H groups in total. The molecule has 1 rings (SSSR count). The van der Waals surface area contributed by atoms with E-state index in [1.54, 1.807) is 0 Å². The van der Waals surface area contributed by atoms with E-state index in [0.717, 1.165) is 25.3 Å². The molecule has 0 atom stereocenters. The molecule has 1 aromatic carbocycles. The van der Waals surface area contributed by atoms with E-state index < -0.39 is 8.56 Å². The van der Waals surface area contributed by atoms with Gasteiger partial charge in [-0.3, -0.25) is 0 Å². The molecule has 3 heteroatoms. The van der Waals surface area contributed by atoms with Crippen LogP contribution in [0.1, 0.15) is 39.2 Å². The zero-order valence-corrected chi connectivity index (χ0v) is 12.9. The molecule has 0 bridgehead atoms. The highest BCUT2D eigenvalue weighted by Crippen LogP contribution is 2.22. The third-order valence-electron chi connectivity index (χ3n) is 3.04. The number of unbranched alkanes of at least 4 members (excludes halogenated alkanes) is 1. The minimum atomic E-state index is -2.06. The second kappa shape index (κ2) is 8.46. The van der Waals surface area contributed by atoms with Crippen LogP contribution in [0.25, 0.3) is 0 Å². The largest absolute Gasteiger partial charge is 0.394 e. The Balaban J connectivity index is 2.79. The molecule has 0 amide bonds. The van der Waals surface area contributed by atoms with Crippen LogP contribution in [0, 0.1) is 0 Å². The first-order chi connectivity index (χ1) is 8.76. The molecule has 2 nitrogen and oxygen atoms in total. The van der Waals surface area contributed by atoms with E-state index in [1.807, 2.05) is 0 Å². The molecule has 18 heavy (non-hydrogen) atoms. The quantitative estimate of drug-likeness (QED) is 0.627. The summed E-state index contributed by atoms with van der Waals surface area (Å²) in [6.45, 7) is 7.86. The topological polar surface area (TPSA) is 18.5 Å². The van der Waals surface area contributed by atoms with E-state index in [-0.39, 0.29) is 0 Å². The number of hydrogen-bond acceptors (Lipinski definition) is 2. The van der Waals surface area contributed by atoms with Crippen molar-refractivity contribution >= 4 is 8.56 Å². The van der Waals surface area contributed by atoms with E-state index in [1.165, 1.54) is 18.4 Å². The van der Waals surface area contributed by atoms with E-state index in [2.05, 4.69) is 51.1 Å². The zero-order chi connectivity index (χ0) is 13.3. The third-order valence-corrected chi connectivity index (χ3v) is 6.73. The lowest BCUT2D eigenvalue weighted by atomic mass is 10.2. The van der Waals surface area contributed by atoms with Crippen LogP contribution in [0.4, 0.5) is 0 Å². The van der Waals surface area contributed by atoms with Crippen molar-refractivity contribution in [1.29, 1.82) is 0 Å². The van der Waals surface area contributed by atoms with Gasteiger partial charge in [-0.05, 0) is 25.5 Å². The van der Waals surface area contributed by atoms with Crippen molar-refractivity contribution in [3.63, 3.8) is 0 Å². The van der Waals surface area contributed by atoms with Gasteiger partial charge in [0.05, 0.1) is 0 Å². The summed E-state index contributed by atoms with van der Waals surface area (Å²) in [6.07, 6.45) is 2.39. The van der Waals surface area contributed by atoms with Crippen molar-refractivity contribution in [2.75, 3.05) is 13.2 Å². The molecular formula is C15H26O2Si. The van der Waals surface area contributed by atoms with Gasteiger partial charge in [0.25, 0.3) is 0 Å². The Kier molecular flexibility index (Phi) is 7.24. The molecule has 0 aromatic heterocycles. The Morgan fingerprint density at radius 3 is 2.06 bits per heavy atom. The summed E-state index contributed by atoms with van der Waals surface area (Å²) in [4.78, 5) is 0. The van der Waals surface area contributed by atoms with Gasteiger partial charge in [0.15, 0.2) is 0 Å². The normalized spacial score (nSPS) is 11.7. The first-order valence-electron chi connectivity index (χ1n) is 7.08. The first kappa shape index (κ1) is 15.4. The van der Waals surface area contributed by atoms with Gasteiger partial charge < -0.3 is 8.85 Å². The van der Waals surface area contributed by atoms with Gasteiger partial charge in [0.2, 0.25) is 0 Å². The fourth-order valence-corrected chi connectivity index (χ4v) is 5.81. The molecule has 0 aliphatic carbocycles. The molecule has 0 aliphatic heterocycles. The summed E-state index contributed by atoms with van der Waals surface area (Å²) in [7, 11) is -2.06. The zero-order valence-electron chi connectivity index (χ0n) is 11.9. The van der Waals surface area contributed by atoms with Gasteiger partial charge in [-0.1, -0.05) is 50.1 Å². The molecule has 0 fully saturated rings. The standard InChI is InChI=1S/C15H26O2Si/c1-4-7-13-18(16-5-2,17-6-3)14-15-11-9-8-10-12-15/h8-12H,4-7,13-14H2,1-3H3. The SMILES string of the molecule is CCCC[Si](Cc1ccccc1)(OCC)OCC. The predicted octanol–water partition coefficient (Wildman–Crippen LogP) is 4.08. The van der Waals surface area contributed by atoms with E-state index in [0.29, 0.717) is 0 Å². The van der Waals surface area contributed by atoms with Crippen LogP contribution in [-0.4, -0.2) is 21.8 Å². The highest BCUT2D eigenvalue weighted by Gasteiger charge is 2.36. The molecule has 1 aromatic rings. The fraction of sp³-hybridized carbons (Fsp3) is 0.600. The average Bonchev–Trinajstić information content (AvgIpc) is 2.38. The van der Waals surface area contributed by atoms with Crippen LogP contribution in [0.5, 0.6) is 0 Å². The average molecular weight is 266 g/mol.